The molecular formula is C13H22N2O5S. The minimum atomic E-state index is -3.61. The number of sulfonamides is 1. The summed E-state index contributed by atoms with van der Waals surface area (Å²) in [6, 6.07) is 1.50. The van der Waals surface area contributed by atoms with Gasteiger partial charge in [0.15, 0.2) is 0 Å². The Balaban J connectivity index is 2.04. The zero-order chi connectivity index (χ0) is 15.3. The molecule has 1 aliphatic heterocycles. The fourth-order valence-electron chi connectivity index (χ4n) is 2.19. The Morgan fingerprint density at radius 1 is 1.48 bits per heavy atom. The number of ether oxygens (including phenoxy) is 2. The van der Waals surface area contributed by atoms with Gasteiger partial charge in [-0.3, -0.25) is 0 Å². The van der Waals surface area contributed by atoms with Crippen LogP contribution in [-0.2, 0) is 32.6 Å². The molecular weight excluding hydrogens is 296 g/mol. The first kappa shape index (κ1) is 16.4. The van der Waals surface area contributed by atoms with Gasteiger partial charge in [-0.05, 0) is 12.5 Å². The number of rotatable bonds is 7. The molecule has 1 atom stereocenters. The fourth-order valence-corrected chi connectivity index (χ4v) is 3.32. The van der Waals surface area contributed by atoms with Gasteiger partial charge >= 0.3 is 0 Å². The first-order chi connectivity index (χ1) is 10.1. The zero-order valence-corrected chi connectivity index (χ0v) is 12.9. The fraction of sp³-hybridized carbons (Fsp3) is 0.692. The van der Waals surface area contributed by atoms with Crippen LogP contribution in [0.3, 0.4) is 0 Å². The van der Waals surface area contributed by atoms with Crippen molar-refractivity contribution >= 4 is 10.0 Å². The normalized spacial score (nSPS) is 19.8. The van der Waals surface area contributed by atoms with E-state index in [4.69, 9.17) is 9.47 Å². The highest BCUT2D eigenvalue weighted by atomic mass is 32.2. The Morgan fingerprint density at radius 2 is 2.29 bits per heavy atom. The number of aromatic nitrogens is 1. The summed E-state index contributed by atoms with van der Waals surface area (Å²) in [5.41, 5.74) is 0.592. The Kier molecular flexibility index (Phi) is 5.77. The third kappa shape index (κ3) is 4.27. The Morgan fingerprint density at radius 3 is 2.90 bits per heavy atom. The standard InChI is InChI=1S/C13H22N2O5S/c1-2-3-15-8-13(6-11(15)9-16)21(17,18)14-7-12-10-19-4-5-20-12/h6,8,12,14,16H,2-5,7,9-10H2,1H3. The zero-order valence-electron chi connectivity index (χ0n) is 12.1. The predicted molar refractivity (Wildman–Crippen MR) is 76.4 cm³/mol. The van der Waals surface area contributed by atoms with Crippen molar-refractivity contribution in [3.8, 4) is 0 Å². The van der Waals surface area contributed by atoms with Gasteiger partial charge in [-0.2, -0.15) is 0 Å². The number of nitrogens with one attached hydrogen (secondary N) is 1. The van der Waals surface area contributed by atoms with Crippen LogP contribution in [0.4, 0.5) is 0 Å². The van der Waals surface area contributed by atoms with Crippen molar-refractivity contribution in [2.24, 2.45) is 0 Å². The van der Waals surface area contributed by atoms with E-state index in [1.165, 1.54) is 6.07 Å². The van der Waals surface area contributed by atoms with Crippen molar-refractivity contribution < 1.29 is 23.0 Å². The van der Waals surface area contributed by atoms with Crippen molar-refractivity contribution in [1.82, 2.24) is 9.29 Å². The molecule has 2 rings (SSSR count). The Labute approximate surface area is 124 Å². The molecule has 0 spiro atoms. The summed E-state index contributed by atoms with van der Waals surface area (Å²) in [5, 5.41) is 9.29. The maximum Gasteiger partial charge on any atom is 0.242 e. The van der Waals surface area contributed by atoms with Crippen LogP contribution in [0.2, 0.25) is 0 Å². The molecule has 8 heteroatoms. The molecule has 1 aliphatic rings. The van der Waals surface area contributed by atoms with Gasteiger partial charge in [0, 0.05) is 25.0 Å². The number of nitrogens with zero attached hydrogens (tertiary/aromatic N) is 1. The smallest absolute Gasteiger partial charge is 0.242 e. The maximum atomic E-state index is 12.3. The molecule has 1 fully saturated rings. The van der Waals surface area contributed by atoms with Gasteiger partial charge in [-0.15, -0.1) is 0 Å². The van der Waals surface area contributed by atoms with Crippen molar-refractivity contribution in [1.29, 1.82) is 0 Å². The highest BCUT2D eigenvalue weighted by molar-refractivity contribution is 7.89. The van der Waals surface area contributed by atoms with Crippen LogP contribution in [0.25, 0.3) is 0 Å². The number of hydrogen-bond acceptors (Lipinski definition) is 5. The molecule has 0 bridgehead atoms. The second-order valence-corrected chi connectivity index (χ2v) is 6.71. The molecule has 0 radical (unpaired) electrons. The van der Waals surface area contributed by atoms with E-state index in [1.54, 1.807) is 10.8 Å². The summed E-state index contributed by atoms with van der Waals surface area (Å²) in [5.74, 6) is 0. The van der Waals surface area contributed by atoms with Gasteiger partial charge in [0.05, 0.1) is 37.4 Å². The maximum absolute atomic E-state index is 12.3. The molecule has 1 aromatic rings. The molecule has 2 N–H and O–H groups in total. The average molecular weight is 318 g/mol. The highest BCUT2D eigenvalue weighted by Gasteiger charge is 2.21. The number of aliphatic hydroxyl groups excluding tert-OH is 1. The molecule has 0 aliphatic carbocycles. The molecule has 120 valence electrons. The first-order valence-corrected chi connectivity index (χ1v) is 8.54. The second-order valence-electron chi connectivity index (χ2n) is 4.94. The third-order valence-corrected chi connectivity index (χ3v) is 4.67. The molecule has 0 saturated carbocycles. The van der Waals surface area contributed by atoms with E-state index in [0.29, 0.717) is 32.1 Å². The predicted octanol–water partition coefficient (Wildman–Crippen LogP) is 0.0841. The topological polar surface area (TPSA) is 89.8 Å². The van der Waals surface area contributed by atoms with Crippen molar-refractivity contribution in [3.05, 3.63) is 18.0 Å². The lowest BCUT2D eigenvalue weighted by Crippen LogP contribution is -2.39. The van der Waals surface area contributed by atoms with Crippen molar-refractivity contribution in [3.63, 3.8) is 0 Å². The molecule has 0 amide bonds. The van der Waals surface area contributed by atoms with E-state index in [0.717, 1.165) is 6.42 Å². The van der Waals surface area contributed by atoms with Gasteiger partial charge in [-0.1, -0.05) is 6.92 Å². The largest absolute Gasteiger partial charge is 0.390 e. The van der Waals surface area contributed by atoms with Crippen LogP contribution in [0.5, 0.6) is 0 Å². The molecule has 0 aromatic carbocycles. The monoisotopic (exact) mass is 318 g/mol. The summed E-state index contributed by atoms with van der Waals surface area (Å²) < 4.78 is 39.4. The SMILES string of the molecule is CCCn1cc(S(=O)(=O)NCC2COCCO2)cc1CO. The highest BCUT2D eigenvalue weighted by Crippen LogP contribution is 2.15. The molecule has 1 aromatic heterocycles. The second kappa shape index (κ2) is 7.37. The quantitative estimate of drug-likeness (QED) is 0.743. The van der Waals surface area contributed by atoms with Crippen LogP contribution >= 0.6 is 0 Å². The van der Waals surface area contributed by atoms with E-state index in [2.05, 4.69) is 4.72 Å². The van der Waals surface area contributed by atoms with Crippen LogP contribution in [-0.4, -0.2) is 50.6 Å². The van der Waals surface area contributed by atoms with Gasteiger partial charge in [0.2, 0.25) is 10.0 Å². The Bertz CT molecular complexity index is 549. The molecule has 1 unspecified atom stereocenters. The van der Waals surface area contributed by atoms with Crippen molar-refractivity contribution in [2.45, 2.75) is 37.5 Å². The van der Waals surface area contributed by atoms with Crippen molar-refractivity contribution in [2.75, 3.05) is 26.4 Å². The van der Waals surface area contributed by atoms with Gasteiger partial charge in [0.1, 0.15) is 0 Å². The van der Waals surface area contributed by atoms with Gasteiger partial charge in [-0.25, -0.2) is 13.1 Å². The summed E-state index contributed by atoms with van der Waals surface area (Å²) in [4.78, 5) is 0.164. The van der Waals surface area contributed by atoms with Crippen LogP contribution in [0.1, 0.15) is 19.0 Å². The summed E-state index contributed by atoms with van der Waals surface area (Å²) in [7, 11) is -3.61. The van der Waals surface area contributed by atoms with E-state index in [1.807, 2.05) is 6.92 Å². The van der Waals surface area contributed by atoms with Gasteiger partial charge in [0.25, 0.3) is 0 Å². The Hall–Kier alpha value is -0.930. The summed E-state index contributed by atoms with van der Waals surface area (Å²) in [6.45, 7) is 4.07. The molecule has 1 saturated heterocycles. The van der Waals surface area contributed by atoms with E-state index in [-0.39, 0.29) is 24.2 Å². The third-order valence-electron chi connectivity index (χ3n) is 3.28. The van der Waals surface area contributed by atoms with E-state index < -0.39 is 10.0 Å². The van der Waals surface area contributed by atoms with Gasteiger partial charge < -0.3 is 19.1 Å². The number of aryl methyl sites for hydroxylation is 1. The minimum Gasteiger partial charge on any atom is -0.390 e. The number of aliphatic hydroxyl groups is 1. The average Bonchev–Trinajstić information content (AvgIpc) is 2.91. The molecule has 21 heavy (non-hydrogen) atoms. The number of hydrogen-bond donors (Lipinski definition) is 2. The van der Waals surface area contributed by atoms with E-state index >= 15 is 0 Å². The summed E-state index contributed by atoms with van der Waals surface area (Å²) >= 11 is 0. The first-order valence-electron chi connectivity index (χ1n) is 7.05. The van der Waals surface area contributed by atoms with Crippen LogP contribution < -0.4 is 4.72 Å². The lowest BCUT2D eigenvalue weighted by molar-refractivity contribution is -0.0846. The van der Waals surface area contributed by atoms with Crippen LogP contribution in [0.15, 0.2) is 17.2 Å². The van der Waals surface area contributed by atoms with Crippen LogP contribution in [0, 0.1) is 0 Å². The summed E-state index contributed by atoms with van der Waals surface area (Å²) in [6.07, 6.45) is 2.15. The molecule has 2 heterocycles. The molecule has 7 nitrogen and oxygen atoms in total. The van der Waals surface area contributed by atoms with E-state index in [9.17, 15) is 13.5 Å². The minimum absolute atomic E-state index is 0.164. The lowest BCUT2D eigenvalue weighted by Gasteiger charge is -2.22. The lowest BCUT2D eigenvalue weighted by atomic mass is 10.3.